The molecule has 2 rings (SSSR count). The number of para-hydroxylation sites is 1. The minimum absolute atomic E-state index is 0.166. The second-order valence-corrected chi connectivity index (χ2v) is 7.31. The monoisotopic (exact) mass is 404 g/mol. The summed E-state index contributed by atoms with van der Waals surface area (Å²) in [6.45, 7) is 0.101. The van der Waals surface area contributed by atoms with E-state index >= 15 is 0 Å². The van der Waals surface area contributed by atoms with Crippen LogP contribution in [0.3, 0.4) is 0 Å². The Labute approximate surface area is 169 Å². The predicted molar refractivity (Wildman–Crippen MR) is 110 cm³/mol. The Morgan fingerprint density at radius 2 is 1.93 bits per heavy atom. The average Bonchev–Trinajstić information content (AvgIpc) is 2.69. The molecule has 2 amide bonds. The number of ether oxygens (including phenoxy) is 1. The Bertz CT molecular complexity index is 773. The lowest BCUT2D eigenvalue weighted by Crippen LogP contribution is -2.48. The first kappa shape index (κ1) is 21.8. The number of carbonyl (C=O) groups excluding carboxylic acids is 2. The molecule has 0 fully saturated rings. The molecule has 2 aromatic carbocycles. The lowest BCUT2D eigenvalue weighted by Gasteiger charge is -2.24. The van der Waals surface area contributed by atoms with Gasteiger partial charge in [-0.05, 0) is 48.3 Å². The zero-order valence-corrected chi connectivity index (χ0v) is 16.9. The van der Waals surface area contributed by atoms with E-state index in [1.54, 1.807) is 43.1 Å². The molecule has 1 N–H and O–H groups in total. The van der Waals surface area contributed by atoms with Crippen molar-refractivity contribution in [2.24, 2.45) is 0 Å². The smallest absolute Gasteiger partial charge is 0.258 e. The summed E-state index contributed by atoms with van der Waals surface area (Å²) < 4.78 is 18.8. The highest BCUT2D eigenvalue weighted by molar-refractivity contribution is 7.98. The largest absolute Gasteiger partial charge is 0.484 e. The summed E-state index contributed by atoms with van der Waals surface area (Å²) in [6, 6.07) is 14.5. The van der Waals surface area contributed by atoms with Gasteiger partial charge in [0.05, 0.1) is 0 Å². The first-order valence-corrected chi connectivity index (χ1v) is 10.3. The van der Waals surface area contributed by atoms with Crippen molar-refractivity contribution < 1.29 is 18.7 Å². The number of hydrogen-bond acceptors (Lipinski definition) is 4. The van der Waals surface area contributed by atoms with Crippen LogP contribution in [-0.4, -0.2) is 48.4 Å². The number of hydrogen-bond donors (Lipinski definition) is 1. The molecule has 5 nitrogen and oxygen atoms in total. The SMILES string of the molecule is CSCC[C@@H](NC(=O)COc1ccccc1)C(=O)N(C)Cc1cccc(F)c1. The summed E-state index contributed by atoms with van der Waals surface area (Å²) in [5.41, 5.74) is 0.693. The van der Waals surface area contributed by atoms with Gasteiger partial charge in [0.2, 0.25) is 5.91 Å². The third-order valence-corrected chi connectivity index (χ3v) is 4.69. The van der Waals surface area contributed by atoms with Gasteiger partial charge in [-0.3, -0.25) is 9.59 Å². The fourth-order valence-corrected chi connectivity index (χ4v) is 3.12. The third-order valence-electron chi connectivity index (χ3n) is 4.04. The minimum Gasteiger partial charge on any atom is -0.484 e. The van der Waals surface area contributed by atoms with E-state index in [0.717, 1.165) is 5.75 Å². The van der Waals surface area contributed by atoms with Crippen LogP contribution in [0.1, 0.15) is 12.0 Å². The van der Waals surface area contributed by atoms with E-state index in [4.69, 9.17) is 4.74 Å². The normalized spacial score (nSPS) is 11.5. The van der Waals surface area contributed by atoms with Gasteiger partial charge in [0, 0.05) is 13.6 Å². The molecular formula is C21H25FN2O3S. The van der Waals surface area contributed by atoms with Crippen LogP contribution >= 0.6 is 11.8 Å². The van der Waals surface area contributed by atoms with E-state index in [1.807, 2.05) is 24.5 Å². The van der Waals surface area contributed by atoms with Gasteiger partial charge in [-0.1, -0.05) is 30.3 Å². The number of rotatable bonds is 10. The maximum atomic E-state index is 13.4. The van der Waals surface area contributed by atoms with Crippen LogP contribution in [0.4, 0.5) is 4.39 Å². The molecule has 0 radical (unpaired) electrons. The first-order valence-electron chi connectivity index (χ1n) is 8.95. The number of carbonyl (C=O) groups is 2. The van der Waals surface area contributed by atoms with Gasteiger partial charge in [0.15, 0.2) is 6.61 Å². The molecule has 0 bridgehead atoms. The van der Waals surface area contributed by atoms with Crippen LogP contribution < -0.4 is 10.1 Å². The van der Waals surface area contributed by atoms with Crippen LogP contribution in [0, 0.1) is 5.82 Å². The fourth-order valence-electron chi connectivity index (χ4n) is 2.65. The average molecular weight is 405 g/mol. The van der Waals surface area contributed by atoms with E-state index in [0.29, 0.717) is 17.7 Å². The highest BCUT2D eigenvalue weighted by Crippen LogP contribution is 2.11. The zero-order valence-electron chi connectivity index (χ0n) is 16.1. The van der Waals surface area contributed by atoms with Gasteiger partial charge < -0.3 is 15.0 Å². The van der Waals surface area contributed by atoms with E-state index < -0.39 is 6.04 Å². The molecule has 28 heavy (non-hydrogen) atoms. The van der Waals surface area contributed by atoms with Crippen LogP contribution in [0.5, 0.6) is 5.75 Å². The topological polar surface area (TPSA) is 58.6 Å². The first-order chi connectivity index (χ1) is 13.5. The van der Waals surface area contributed by atoms with Gasteiger partial charge in [0.25, 0.3) is 5.91 Å². The lowest BCUT2D eigenvalue weighted by atomic mass is 10.1. The summed E-state index contributed by atoms with van der Waals surface area (Å²) in [5.74, 6) is 0.398. The van der Waals surface area contributed by atoms with Crippen molar-refractivity contribution in [2.45, 2.75) is 19.0 Å². The third kappa shape index (κ3) is 7.23. The molecule has 0 aliphatic carbocycles. The van der Waals surface area contributed by atoms with Gasteiger partial charge >= 0.3 is 0 Å². The van der Waals surface area contributed by atoms with Gasteiger partial charge in [-0.25, -0.2) is 4.39 Å². The Balaban J connectivity index is 1.94. The van der Waals surface area contributed by atoms with Crippen molar-refractivity contribution >= 4 is 23.6 Å². The molecule has 0 aromatic heterocycles. The zero-order chi connectivity index (χ0) is 20.4. The fraction of sp³-hybridized carbons (Fsp3) is 0.333. The van der Waals surface area contributed by atoms with Crippen LogP contribution in [0.15, 0.2) is 54.6 Å². The second-order valence-electron chi connectivity index (χ2n) is 6.33. The number of nitrogens with zero attached hydrogens (tertiary/aromatic N) is 1. The number of nitrogens with one attached hydrogen (secondary N) is 1. The quantitative estimate of drug-likeness (QED) is 0.661. The van der Waals surface area contributed by atoms with Crippen molar-refractivity contribution in [3.05, 3.63) is 66.0 Å². The van der Waals surface area contributed by atoms with E-state index in [2.05, 4.69) is 5.32 Å². The molecule has 0 saturated heterocycles. The highest BCUT2D eigenvalue weighted by atomic mass is 32.2. The minimum atomic E-state index is -0.655. The molecule has 0 aliphatic rings. The van der Waals surface area contributed by atoms with Gasteiger partial charge in [0.1, 0.15) is 17.6 Å². The summed E-state index contributed by atoms with van der Waals surface area (Å²) in [4.78, 5) is 26.6. The molecule has 0 unspecified atom stereocenters. The molecule has 0 heterocycles. The van der Waals surface area contributed by atoms with Crippen molar-refractivity contribution in [1.82, 2.24) is 10.2 Å². The second kappa shape index (κ2) is 11.3. The Kier molecular flexibility index (Phi) is 8.81. The Morgan fingerprint density at radius 1 is 1.18 bits per heavy atom. The maximum Gasteiger partial charge on any atom is 0.258 e. The van der Waals surface area contributed by atoms with Crippen molar-refractivity contribution in [1.29, 1.82) is 0 Å². The van der Waals surface area contributed by atoms with Crippen LogP contribution in [-0.2, 0) is 16.1 Å². The van der Waals surface area contributed by atoms with E-state index in [9.17, 15) is 14.0 Å². The number of likely N-dealkylation sites (N-methyl/N-ethyl adjacent to an activating group) is 1. The molecule has 150 valence electrons. The van der Waals surface area contributed by atoms with Gasteiger partial charge in [-0.15, -0.1) is 0 Å². The molecule has 0 saturated carbocycles. The Morgan fingerprint density at radius 3 is 2.61 bits per heavy atom. The summed E-state index contributed by atoms with van der Waals surface area (Å²) in [5, 5.41) is 2.76. The molecular weight excluding hydrogens is 379 g/mol. The summed E-state index contributed by atoms with van der Waals surface area (Å²) in [7, 11) is 1.64. The van der Waals surface area contributed by atoms with Gasteiger partial charge in [-0.2, -0.15) is 11.8 Å². The highest BCUT2D eigenvalue weighted by Gasteiger charge is 2.24. The number of halogens is 1. The summed E-state index contributed by atoms with van der Waals surface area (Å²) in [6.07, 6.45) is 2.45. The molecule has 0 spiro atoms. The lowest BCUT2D eigenvalue weighted by molar-refractivity contribution is -0.136. The number of benzene rings is 2. The molecule has 2 aromatic rings. The molecule has 0 aliphatic heterocycles. The number of thioether (sulfide) groups is 1. The predicted octanol–water partition coefficient (Wildman–Crippen LogP) is 3.10. The molecule has 1 atom stereocenters. The Hall–Kier alpha value is -2.54. The summed E-state index contributed by atoms with van der Waals surface area (Å²) >= 11 is 1.60. The van der Waals surface area contributed by atoms with Crippen LogP contribution in [0.25, 0.3) is 0 Å². The van der Waals surface area contributed by atoms with Crippen molar-refractivity contribution in [3.63, 3.8) is 0 Å². The maximum absolute atomic E-state index is 13.4. The van der Waals surface area contributed by atoms with E-state index in [-0.39, 0.29) is 30.8 Å². The van der Waals surface area contributed by atoms with Crippen molar-refractivity contribution in [2.75, 3.05) is 25.7 Å². The molecule has 7 heteroatoms. The standard InChI is InChI=1S/C21H25FN2O3S/c1-24(14-16-7-6-8-17(22)13-16)21(26)19(11-12-28-2)23-20(25)15-27-18-9-4-3-5-10-18/h3-10,13,19H,11-12,14-15H2,1-2H3,(H,23,25)/t19-/m1/s1. The van der Waals surface area contributed by atoms with Crippen molar-refractivity contribution in [3.8, 4) is 5.75 Å². The number of amides is 2. The van der Waals surface area contributed by atoms with E-state index in [1.165, 1.54) is 17.0 Å². The van der Waals surface area contributed by atoms with Crippen LogP contribution in [0.2, 0.25) is 0 Å².